The molecular formula is C28H24F6N6O6S2. The van der Waals surface area contributed by atoms with Gasteiger partial charge in [-0.2, -0.15) is 18.1 Å². The van der Waals surface area contributed by atoms with Gasteiger partial charge in [0.25, 0.3) is 5.56 Å². The number of alkyl halides is 5. The fourth-order valence-electron chi connectivity index (χ4n) is 5.07. The van der Waals surface area contributed by atoms with Crippen molar-refractivity contribution in [3.8, 4) is 11.5 Å². The maximum Gasteiger partial charge on any atom is 0.573 e. The molecule has 2 aliphatic rings. The topological polar surface area (TPSA) is 147 Å². The molecule has 1 aliphatic carbocycles. The molecule has 0 unspecified atom stereocenters. The minimum absolute atomic E-state index is 0.0162. The molecular weight excluding hydrogens is 694 g/mol. The molecule has 0 radical (unpaired) electrons. The highest BCUT2D eigenvalue weighted by Gasteiger charge is 2.41. The quantitative estimate of drug-likeness (QED) is 0.232. The minimum Gasteiger partial charge on any atom is -0.432 e. The number of nitrogens with zero attached hydrogens (tertiary/aromatic N) is 4. The Morgan fingerprint density at radius 3 is 2.48 bits per heavy atom. The van der Waals surface area contributed by atoms with E-state index in [0.29, 0.717) is 11.0 Å². The predicted molar refractivity (Wildman–Crippen MR) is 158 cm³/mol. The molecule has 1 saturated carbocycles. The van der Waals surface area contributed by atoms with Crippen LogP contribution in [0.2, 0.25) is 0 Å². The number of carbonyl (C=O) groups is 1. The van der Waals surface area contributed by atoms with Gasteiger partial charge in [0.2, 0.25) is 15.9 Å². The number of halogens is 6. The van der Waals surface area contributed by atoms with E-state index in [9.17, 15) is 44.3 Å². The van der Waals surface area contributed by atoms with E-state index in [1.165, 1.54) is 6.07 Å². The molecule has 1 amide bonds. The molecule has 12 nitrogen and oxygen atoms in total. The highest BCUT2D eigenvalue weighted by Crippen LogP contribution is 2.38. The number of piperazine rings is 1. The van der Waals surface area contributed by atoms with E-state index >= 15 is 0 Å². The van der Waals surface area contributed by atoms with Crippen molar-refractivity contribution in [2.45, 2.75) is 49.2 Å². The summed E-state index contributed by atoms with van der Waals surface area (Å²) in [4.78, 5) is 39.2. The van der Waals surface area contributed by atoms with Gasteiger partial charge in [-0.25, -0.2) is 17.8 Å². The zero-order valence-corrected chi connectivity index (χ0v) is 26.0. The molecule has 0 spiro atoms. The van der Waals surface area contributed by atoms with Crippen molar-refractivity contribution < 1.29 is 49.0 Å². The number of fused-ring (bicyclic) bond motifs is 1. The number of rotatable bonds is 10. The third kappa shape index (κ3) is 7.34. The molecule has 2 fully saturated rings. The Hall–Kier alpha value is -4.43. The van der Waals surface area contributed by atoms with Gasteiger partial charge in [-0.05, 0) is 54.8 Å². The zero-order chi connectivity index (χ0) is 34.4. The van der Waals surface area contributed by atoms with Crippen LogP contribution in [0.5, 0.6) is 11.5 Å². The van der Waals surface area contributed by atoms with Crippen LogP contribution >= 0.6 is 11.3 Å². The van der Waals surface area contributed by atoms with E-state index in [1.807, 2.05) is 0 Å². The Morgan fingerprint density at radius 1 is 1.10 bits per heavy atom. The van der Waals surface area contributed by atoms with Crippen LogP contribution in [0.3, 0.4) is 0 Å². The number of sulfonamides is 1. The van der Waals surface area contributed by atoms with Crippen LogP contribution in [0.1, 0.15) is 30.1 Å². The first-order valence-electron chi connectivity index (χ1n) is 14.2. The average molecular weight is 719 g/mol. The minimum atomic E-state index is -5.00. The van der Waals surface area contributed by atoms with E-state index in [4.69, 9.17) is 0 Å². The number of aromatic amines is 1. The SMILES string of the molecule is O=C(NCc1ccc(OC(F)F)c(F)c1)[C@H]1CN(c2nc3nc(C4CC4)[nH]c(=O)c3s2)CCN1S(=O)(=O)c1ccc(OC(F)(F)F)cc1. The van der Waals surface area contributed by atoms with Gasteiger partial charge in [0.15, 0.2) is 22.3 Å². The standard InChI is InChI=1S/C28H24F6N6O6S2/c29-18-11-14(1-8-20(18)45-26(30)31)12-35-24(41)19-13-39(27-38-23-21(47-27)25(42)37-22(36-23)15-2-3-15)9-10-40(19)48(43,44)17-6-4-16(5-7-17)46-28(32,33)34/h1,4-8,11,15,19,26H,2-3,9-10,12-13H2,(H,35,41)(H,36,37,42)/t19-/m1/s1. The van der Waals surface area contributed by atoms with Crippen LogP contribution in [-0.2, 0) is 21.4 Å². The van der Waals surface area contributed by atoms with Crippen molar-refractivity contribution >= 4 is 42.7 Å². The first-order valence-corrected chi connectivity index (χ1v) is 16.5. The van der Waals surface area contributed by atoms with Gasteiger partial charge < -0.3 is 24.7 Å². The lowest BCUT2D eigenvalue weighted by atomic mass is 10.1. The lowest BCUT2D eigenvalue weighted by molar-refractivity contribution is -0.274. The number of benzene rings is 2. The Morgan fingerprint density at radius 2 is 1.83 bits per heavy atom. The summed E-state index contributed by atoms with van der Waals surface area (Å²) >= 11 is 1.01. The number of amides is 1. The molecule has 3 heterocycles. The molecule has 2 aromatic heterocycles. The molecule has 4 aromatic rings. The second-order valence-corrected chi connectivity index (χ2v) is 13.7. The molecule has 2 aromatic carbocycles. The van der Waals surface area contributed by atoms with Crippen molar-refractivity contribution in [3.05, 3.63) is 70.0 Å². The van der Waals surface area contributed by atoms with Crippen molar-refractivity contribution in [1.29, 1.82) is 0 Å². The number of carbonyl (C=O) groups excluding carboxylic acids is 1. The van der Waals surface area contributed by atoms with Crippen LogP contribution in [0, 0.1) is 5.82 Å². The average Bonchev–Trinajstić information content (AvgIpc) is 3.78. The van der Waals surface area contributed by atoms with Crippen molar-refractivity contribution in [1.82, 2.24) is 24.6 Å². The van der Waals surface area contributed by atoms with Crippen LogP contribution < -0.4 is 25.2 Å². The molecule has 1 atom stereocenters. The van der Waals surface area contributed by atoms with Gasteiger partial charge in [-0.1, -0.05) is 17.4 Å². The number of nitrogens with one attached hydrogen (secondary N) is 2. The number of hydrogen-bond donors (Lipinski definition) is 2. The molecule has 48 heavy (non-hydrogen) atoms. The molecule has 6 rings (SSSR count). The summed E-state index contributed by atoms with van der Waals surface area (Å²) in [5.41, 5.74) is -0.0248. The lowest BCUT2D eigenvalue weighted by Gasteiger charge is -2.39. The van der Waals surface area contributed by atoms with Gasteiger partial charge in [0, 0.05) is 32.1 Å². The third-order valence-electron chi connectivity index (χ3n) is 7.48. The Balaban J connectivity index is 1.26. The first-order chi connectivity index (χ1) is 22.7. The fraction of sp³-hybridized carbons (Fsp3) is 0.357. The smallest absolute Gasteiger partial charge is 0.432 e. The summed E-state index contributed by atoms with van der Waals surface area (Å²) in [5.74, 6) is -2.64. The van der Waals surface area contributed by atoms with E-state index in [-0.39, 0.29) is 53.6 Å². The summed E-state index contributed by atoms with van der Waals surface area (Å²) in [6, 6.07) is 5.07. The molecule has 1 aliphatic heterocycles. The Kier molecular flexibility index (Phi) is 8.98. The van der Waals surface area contributed by atoms with Gasteiger partial charge in [-0.15, -0.1) is 13.2 Å². The summed E-state index contributed by atoms with van der Waals surface area (Å²) in [6.45, 7) is -4.11. The lowest BCUT2D eigenvalue weighted by Crippen LogP contribution is -2.60. The van der Waals surface area contributed by atoms with Crippen molar-refractivity contribution in [2.75, 3.05) is 24.5 Å². The maximum absolute atomic E-state index is 14.3. The van der Waals surface area contributed by atoms with E-state index in [2.05, 4.69) is 29.7 Å². The number of hydrogen-bond acceptors (Lipinski definition) is 10. The van der Waals surface area contributed by atoms with E-state index in [1.54, 1.807) is 4.90 Å². The molecule has 20 heteroatoms. The summed E-state index contributed by atoms with van der Waals surface area (Å²) < 4.78 is 114. The maximum atomic E-state index is 14.3. The normalized spacial score (nSPS) is 17.6. The summed E-state index contributed by atoms with van der Waals surface area (Å²) in [6.07, 6.45) is -3.23. The van der Waals surface area contributed by atoms with Gasteiger partial charge >= 0.3 is 13.0 Å². The number of thiazole rings is 1. The van der Waals surface area contributed by atoms with E-state index < -0.39 is 57.2 Å². The second kappa shape index (κ2) is 12.9. The van der Waals surface area contributed by atoms with Crippen LogP contribution in [0.15, 0.2) is 52.2 Å². The van der Waals surface area contributed by atoms with Crippen LogP contribution in [0.4, 0.5) is 31.5 Å². The monoisotopic (exact) mass is 718 g/mol. The third-order valence-corrected chi connectivity index (χ3v) is 10.5. The molecule has 2 N–H and O–H groups in total. The summed E-state index contributed by atoms with van der Waals surface area (Å²) in [5, 5.41) is 2.82. The highest BCUT2D eigenvalue weighted by molar-refractivity contribution is 7.89. The molecule has 0 bridgehead atoms. The van der Waals surface area contributed by atoms with Crippen molar-refractivity contribution in [2.24, 2.45) is 0 Å². The van der Waals surface area contributed by atoms with Gasteiger partial charge in [0.1, 0.15) is 22.3 Å². The number of ether oxygens (including phenoxy) is 2. The van der Waals surface area contributed by atoms with Gasteiger partial charge in [-0.3, -0.25) is 9.59 Å². The van der Waals surface area contributed by atoms with Crippen LogP contribution in [0.25, 0.3) is 10.3 Å². The largest absolute Gasteiger partial charge is 0.573 e. The zero-order valence-electron chi connectivity index (χ0n) is 24.3. The number of anilines is 1. The second-order valence-electron chi connectivity index (χ2n) is 10.8. The number of H-pyrrole nitrogens is 1. The Labute approximate surface area is 271 Å². The highest BCUT2D eigenvalue weighted by atomic mass is 32.2. The Bertz CT molecular complexity index is 2000. The fourth-order valence-corrected chi connectivity index (χ4v) is 7.57. The van der Waals surface area contributed by atoms with Crippen LogP contribution in [-0.4, -0.2) is 72.2 Å². The molecule has 1 saturated heterocycles. The molecule has 256 valence electrons. The van der Waals surface area contributed by atoms with E-state index in [0.717, 1.165) is 64.9 Å². The summed E-state index contributed by atoms with van der Waals surface area (Å²) in [7, 11) is -4.49. The van der Waals surface area contributed by atoms with Gasteiger partial charge in [0.05, 0.1) is 4.90 Å². The first kappa shape index (κ1) is 33.5. The predicted octanol–water partition coefficient (Wildman–Crippen LogP) is 4.09. The van der Waals surface area contributed by atoms with Crippen molar-refractivity contribution in [3.63, 3.8) is 0 Å². The number of aromatic nitrogens is 3.